The average molecular weight is 605 g/mol. The zero-order chi connectivity index (χ0) is 15.5. The molecule has 9 heteroatoms. The van der Waals surface area contributed by atoms with Gasteiger partial charge in [-0.15, -0.1) is 0 Å². The van der Waals surface area contributed by atoms with Crippen molar-refractivity contribution in [2.24, 2.45) is 0 Å². The Morgan fingerprint density at radius 1 is 1.24 bits per heavy atom. The molecule has 0 radical (unpaired) electrons. The molecule has 0 aromatic carbocycles. The summed E-state index contributed by atoms with van der Waals surface area (Å²) in [5, 5.41) is 23.0. The number of pyridine rings is 1. The Kier molecular flexibility index (Phi) is 14.6. The van der Waals surface area contributed by atoms with E-state index in [1.165, 1.54) is 0 Å². The van der Waals surface area contributed by atoms with Crippen LogP contribution in [0, 0.1) is 0 Å². The van der Waals surface area contributed by atoms with E-state index in [9.17, 15) is 19.8 Å². The molecule has 0 spiro atoms. The number of aromatic nitrogens is 1. The van der Waals surface area contributed by atoms with Crippen LogP contribution in [0.1, 0.15) is 5.69 Å². The normalized spacial score (nSPS) is 12.1. The van der Waals surface area contributed by atoms with Gasteiger partial charge in [0.25, 0.3) is 0 Å². The van der Waals surface area contributed by atoms with Crippen LogP contribution in [0.5, 0.6) is 0 Å². The zero-order valence-corrected chi connectivity index (χ0v) is 16.5. The second-order valence-corrected chi connectivity index (χ2v) is 5.59. The number of alkyl halides is 2. The van der Waals surface area contributed by atoms with Gasteiger partial charge in [-0.05, 0) is 19.2 Å². The van der Waals surface area contributed by atoms with E-state index in [1.807, 2.05) is 31.4 Å². The van der Waals surface area contributed by atoms with E-state index in [4.69, 9.17) is 0 Å². The number of carbonyl (C=O) groups is 2. The van der Waals surface area contributed by atoms with Gasteiger partial charge in [-0.3, -0.25) is 4.98 Å². The summed E-state index contributed by atoms with van der Waals surface area (Å²) in [6.07, 6.45) is 2.84. The number of halogens is 2. The first kappa shape index (κ1) is 23.0. The number of rotatable bonds is 6. The number of carboxylic acids is 2. The molecule has 0 aliphatic carbocycles. The van der Waals surface area contributed by atoms with Crippen molar-refractivity contribution < 1.29 is 40.9 Å². The van der Waals surface area contributed by atoms with E-state index in [0.717, 1.165) is 18.7 Å². The van der Waals surface area contributed by atoms with Gasteiger partial charge in [0.15, 0.2) is 0 Å². The number of hydrogen-bond acceptors (Lipinski definition) is 6. The van der Waals surface area contributed by atoms with Gasteiger partial charge in [0.05, 0.1) is 21.6 Å². The van der Waals surface area contributed by atoms with E-state index in [2.05, 4.69) is 42.2 Å². The van der Waals surface area contributed by atoms with Gasteiger partial charge < -0.3 is 25.1 Å². The summed E-state index contributed by atoms with van der Waals surface area (Å²) >= 11 is 5.16. The minimum Gasteiger partial charge on any atom is -0.549 e. The summed E-state index contributed by atoms with van der Waals surface area (Å²) in [4.78, 5) is 21.6. The molecule has 0 bridgehead atoms. The molecular formula is C12H14Br2N2O4Pt. The summed E-state index contributed by atoms with van der Waals surface area (Å²) in [5.74, 6) is -2.99. The molecule has 1 heterocycles. The van der Waals surface area contributed by atoms with Crippen LogP contribution in [0.15, 0.2) is 24.4 Å². The van der Waals surface area contributed by atoms with Crippen molar-refractivity contribution in [2.45, 2.75) is 16.1 Å². The molecule has 1 N–H and O–H groups in total. The second kappa shape index (κ2) is 13.4. The van der Waals surface area contributed by atoms with Gasteiger partial charge in [-0.25, -0.2) is 0 Å². The van der Waals surface area contributed by atoms with E-state index in [-0.39, 0.29) is 21.1 Å². The topological polar surface area (TPSA) is 105 Å². The minimum absolute atomic E-state index is 0. The Balaban J connectivity index is 0. The molecule has 0 amide bonds. The first-order valence-corrected chi connectivity index (χ1v) is 7.47. The number of nitrogens with zero attached hydrogens (tertiary/aromatic N) is 1. The Labute approximate surface area is 154 Å². The molecule has 0 fully saturated rings. The van der Waals surface area contributed by atoms with Crippen molar-refractivity contribution in [2.75, 3.05) is 13.6 Å². The van der Waals surface area contributed by atoms with Crippen LogP contribution < -0.4 is 15.5 Å². The van der Waals surface area contributed by atoms with Gasteiger partial charge in [0.1, 0.15) is 0 Å². The molecule has 1 aromatic rings. The molecule has 2 unspecified atom stereocenters. The Bertz CT molecular complexity index is 405. The van der Waals surface area contributed by atoms with Gasteiger partial charge >= 0.3 is 21.1 Å². The van der Waals surface area contributed by atoms with Gasteiger partial charge in [-0.1, -0.05) is 37.9 Å². The van der Waals surface area contributed by atoms with E-state index >= 15 is 0 Å². The van der Waals surface area contributed by atoms with Crippen molar-refractivity contribution in [3.63, 3.8) is 0 Å². The Hall–Kier alpha value is -0.302. The van der Waals surface area contributed by atoms with Crippen LogP contribution in [-0.4, -0.2) is 40.2 Å². The first-order valence-electron chi connectivity index (χ1n) is 5.64. The van der Waals surface area contributed by atoms with Crippen molar-refractivity contribution in [1.82, 2.24) is 10.3 Å². The molecule has 120 valence electrons. The second-order valence-electron chi connectivity index (χ2n) is 3.62. The number of carbonyl (C=O) groups excluding carboxylic acids is 2. The summed E-state index contributed by atoms with van der Waals surface area (Å²) < 4.78 is 0. The van der Waals surface area contributed by atoms with Crippen LogP contribution in [-0.2, 0) is 37.1 Å². The van der Waals surface area contributed by atoms with Gasteiger partial charge in [-0.2, -0.15) is 0 Å². The smallest absolute Gasteiger partial charge is 0.549 e. The number of likely N-dealkylation sites (N-methyl/N-ethyl adjacent to an activating group) is 1. The molecule has 0 saturated heterocycles. The molecule has 0 saturated carbocycles. The van der Waals surface area contributed by atoms with E-state index in [0.29, 0.717) is 0 Å². The maximum atomic E-state index is 9.97. The SMILES string of the molecule is CNCCc1ccccn1.O=C([O-])C(Br)C(Br)C(=O)[O-].[Pt+2]. The third kappa shape index (κ3) is 11.0. The molecule has 0 aliphatic heterocycles. The number of nitrogens with one attached hydrogen (secondary N) is 1. The summed E-state index contributed by atoms with van der Waals surface area (Å²) in [5.41, 5.74) is 1.15. The van der Waals surface area contributed by atoms with Crippen LogP contribution in [0.2, 0.25) is 0 Å². The maximum absolute atomic E-state index is 9.97. The fourth-order valence-electron chi connectivity index (χ4n) is 1.04. The molecule has 0 aliphatic rings. The zero-order valence-electron chi connectivity index (χ0n) is 11.0. The number of aliphatic carboxylic acids is 2. The Morgan fingerprint density at radius 3 is 2.10 bits per heavy atom. The summed E-state index contributed by atoms with van der Waals surface area (Å²) in [6.45, 7) is 0.997. The molecule has 1 aromatic heterocycles. The molecule has 1 rings (SSSR count). The van der Waals surface area contributed by atoms with Crippen LogP contribution in [0.4, 0.5) is 0 Å². The molecular weight excluding hydrogens is 591 g/mol. The van der Waals surface area contributed by atoms with E-state index < -0.39 is 21.6 Å². The van der Waals surface area contributed by atoms with Crippen LogP contribution in [0.25, 0.3) is 0 Å². The van der Waals surface area contributed by atoms with Crippen molar-refractivity contribution in [3.8, 4) is 0 Å². The average Bonchev–Trinajstić information content (AvgIpc) is 2.45. The predicted octanol–water partition coefficient (Wildman–Crippen LogP) is -1.15. The third-order valence-electron chi connectivity index (χ3n) is 2.06. The maximum Gasteiger partial charge on any atom is 2.00 e. The fraction of sp³-hybridized carbons (Fsp3) is 0.417. The van der Waals surface area contributed by atoms with E-state index in [1.54, 1.807) is 0 Å². The van der Waals surface area contributed by atoms with Crippen molar-refractivity contribution in [1.29, 1.82) is 0 Å². The number of hydrogen-bond donors (Lipinski definition) is 1. The minimum atomic E-state index is -1.49. The first-order chi connectivity index (χ1) is 9.40. The van der Waals surface area contributed by atoms with Crippen molar-refractivity contribution in [3.05, 3.63) is 30.1 Å². The molecule has 2 atom stereocenters. The van der Waals surface area contributed by atoms with Gasteiger partial charge in [0, 0.05) is 24.9 Å². The third-order valence-corrected chi connectivity index (χ3v) is 4.58. The predicted molar refractivity (Wildman–Crippen MR) is 77.3 cm³/mol. The van der Waals surface area contributed by atoms with Gasteiger partial charge in [0.2, 0.25) is 0 Å². The van der Waals surface area contributed by atoms with Crippen LogP contribution >= 0.6 is 31.9 Å². The molecule has 6 nitrogen and oxygen atoms in total. The quantitative estimate of drug-likeness (QED) is 0.412. The summed E-state index contributed by atoms with van der Waals surface area (Å²) in [7, 11) is 1.95. The van der Waals surface area contributed by atoms with Crippen LogP contribution in [0.3, 0.4) is 0 Å². The monoisotopic (exact) mass is 603 g/mol. The number of carboxylic acid groups (broad SMARTS) is 2. The van der Waals surface area contributed by atoms with Crippen molar-refractivity contribution >= 4 is 43.8 Å². The molecule has 21 heavy (non-hydrogen) atoms. The summed E-state index contributed by atoms with van der Waals surface area (Å²) in [6, 6.07) is 5.98. The fourth-order valence-corrected chi connectivity index (χ4v) is 1.47. The Morgan fingerprint density at radius 2 is 1.76 bits per heavy atom. The standard InChI is InChI=1S/C8H12N2.C4H4Br2O4.Pt/c1-9-7-5-8-4-2-3-6-10-8;5-1(3(7)8)2(6)4(9)10;/h2-4,6,9H,5,7H2,1H3;1-2H,(H,7,8)(H,9,10);/q;;+2/p-2. The largest absolute Gasteiger partial charge is 2.00 e.